The van der Waals surface area contributed by atoms with Crippen LogP contribution in [0.15, 0.2) is 56.6 Å². The molecule has 8 nitrogen and oxygen atoms in total. The molecular formula is C18H17BrClN3O5S. The Balaban J connectivity index is 1.49. The van der Waals surface area contributed by atoms with Gasteiger partial charge in [0.15, 0.2) is 0 Å². The highest BCUT2D eigenvalue weighted by molar-refractivity contribution is 9.10. The third kappa shape index (κ3) is 5.27. The highest BCUT2D eigenvalue weighted by atomic mass is 79.9. The van der Waals surface area contributed by atoms with Gasteiger partial charge in [0.25, 0.3) is 0 Å². The van der Waals surface area contributed by atoms with E-state index in [9.17, 15) is 18.0 Å². The highest BCUT2D eigenvalue weighted by Crippen LogP contribution is 2.24. The average Bonchev–Trinajstić information content (AvgIpc) is 2.98. The fourth-order valence-electron chi connectivity index (χ4n) is 2.71. The van der Waals surface area contributed by atoms with E-state index in [0.717, 1.165) is 11.0 Å². The number of benzene rings is 2. The lowest BCUT2D eigenvalue weighted by atomic mass is 10.3. The molecule has 29 heavy (non-hydrogen) atoms. The number of fused-ring (bicyclic) bond motifs is 1. The lowest BCUT2D eigenvalue weighted by Gasteiger charge is -2.09. The maximum atomic E-state index is 12.3. The van der Waals surface area contributed by atoms with Crippen molar-refractivity contribution < 1.29 is 17.9 Å². The number of halogens is 2. The predicted molar refractivity (Wildman–Crippen MR) is 112 cm³/mol. The van der Waals surface area contributed by atoms with E-state index >= 15 is 0 Å². The van der Waals surface area contributed by atoms with Crippen LogP contribution in [0.4, 0.5) is 0 Å². The molecule has 0 fully saturated rings. The summed E-state index contributed by atoms with van der Waals surface area (Å²) in [6, 6.07) is 11.6. The molecule has 0 unspecified atom stereocenters. The van der Waals surface area contributed by atoms with E-state index in [1.165, 1.54) is 18.2 Å². The Kier molecular flexibility index (Phi) is 6.78. The molecule has 3 aromatic rings. The number of nitrogens with zero attached hydrogens (tertiary/aromatic N) is 1. The first-order valence-corrected chi connectivity index (χ1v) is 11.2. The number of carbonyl (C=O) groups is 1. The van der Waals surface area contributed by atoms with Crippen molar-refractivity contribution in [2.45, 2.75) is 17.9 Å². The Morgan fingerprint density at radius 1 is 1.24 bits per heavy atom. The number of hydrogen-bond acceptors (Lipinski definition) is 5. The number of aryl methyl sites for hydroxylation is 1. The van der Waals surface area contributed by atoms with Gasteiger partial charge in [0.05, 0.1) is 22.7 Å². The molecule has 0 saturated carbocycles. The zero-order valence-corrected chi connectivity index (χ0v) is 18.2. The van der Waals surface area contributed by atoms with Crippen molar-refractivity contribution in [3.63, 3.8) is 0 Å². The van der Waals surface area contributed by atoms with Gasteiger partial charge < -0.3 is 9.72 Å². The van der Waals surface area contributed by atoms with E-state index in [1.54, 1.807) is 10.6 Å². The molecule has 2 aromatic carbocycles. The molecule has 1 aromatic heterocycles. The van der Waals surface area contributed by atoms with Gasteiger partial charge in [-0.15, -0.1) is 0 Å². The Labute approximate surface area is 180 Å². The minimum atomic E-state index is -3.95. The summed E-state index contributed by atoms with van der Waals surface area (Å²) in [5.41, 5.74) is 1.26. The molecule has 0 aliphatic carbocycles. The van der Waals surface area contributed by atoms with Crippen LogP contribution in [0.1, 0.15) is 6.42 Å². The van der Waals surface area contributed by atoms with E-state index in [1.807, 2.05) is 18.2 Å². The molecule has 1 heterocycles. The van der Waals surface area contributed by atoms with E-state index in [-0.39, 0.29) is 22.2 Å². The number of hydrogen-bond donors (Lipinski definition) is 2. The fraction of sp³-hybridized carbons (Fsp3) is 0.222. The first kappa shape index (κ1) is 21.6. The molecule has 11 heteroatoms. The number of aromatic amines is 1. The molecule has 154 valence electrons. The van der Waals surface area contributed by atoms with E-state index < -0.39 is 22.5 Å². The smallest absolute Gasteiger partial charge is 0.326 e. The number of para-hydroxylation sites is 2. The summed E-state index contributed by atoms with van der Waals surface area (Å²) in [7, 11) is -3.95. The maximum Gasteiger partial charge on any atom is 0.326 e. The molecule has 0 aliphatic heterocycles. The van der Waals surface area contributed by atoms with Gasteiger partial charge in [-0.05, 0) is 36.8 Å². The van der Waals surface area contributed by atoms with Crippen LogP contribution >= 0.6 is 27.5 Å². The molecule has 0 atom stereocenters. The van der Waals surface area contributed by atoms with Crippen LogP contribution in [0, 0.1) is 0 Å². The quantitative estimate of drug-likeness (QED) is 0.363. The summed E-state index contributed by atoms with van der Waals surface area (Å²) in [5, 5.41) is 0.0319. The first-order valence-electron chi connectivity index (χ1n) is 8.56. The number of sulfonamides is 1. The Bertz CT molecular complexity index is 1210. The van der Waals surface area contributed by atoms with Crippen molar-refractivity contribution in [2.24, 2.45) is 0 Å². The third-order valence-electron chi connectivity index (χ3n) is 4.06. The number of rotatable bonds is 8. The fourth-order valence-corrected chi connectivity index (χ4v) is 4.72. The third-order valence-corrected chi connectivity index (χ3v) is 6.44. The molecule has 2 N–H and O–H groups in total. The second-order valence-corrected chi connectivity index (χ2v) is 9.13. The molecule has 0 amide bonds. The second kappa shape index (κ2) is 9.12. The maximum absolute atomic E-state index is 12.3. The normalized spacial score (nSPS) is 11.7. The van der Waals surface area contributed by atoms with Crippen LogP contribution in [0.5, 0.6) is 0 Å². The van der Waals surface area contributed by atoms with Crippen LogP contribution in [-0.4, -0.2) is 37.1 Å². The minimum absolute atomic E-state index is 0.0319. The van der Waals surface area contributed by atoms with E-state index in [0.29, 0.717) is 17.4 Å². The van der Waals surface area contributed by atoms with Crippen LogP contribution in [-0.2, 0) is 26.1 Å². The van der Waals surface area contributed by atoms with Gasteiger partial charge in [-0.1, -0.05) is 39.7 Å². The van der Waals surface area contributed by atoms with E-state index in [2.05, 4.69) is 25.6 Å². The number of H-pyrrole nitrogens is 1. The van der Waals surface area contributed by atoms with E-state index in [4.69, 9.17) is 16.3 Å². The Morgan fingerprint density at radius 3 is 2.76 bits per heavy atom. The second-order valence-electron chi connectivity index (χ2n) is 6.07. The first-order chi connectivity index (χ1) is 13.8. The van der Waals surface area contributed by atoms with Crippen molar-refractivity contribution in [3.8, 4) is 0 Å². The standard InChI is InChI=1S/C18H17BrClN3O5S/c19-12-6-7-16(13(20)10-12)29(26,27)21-11-17(24)28-9-3-8-23-15-5-2-1-4-14(15)22-18(23)25/h1-2,4-7,10,21H,3,8-9,11H2,(H,22,25). The summed E-state index contributed by atoms with van der Waals surface area (Å²) in [5.74, 6) is -0.729. The lowest BCUT2D eigenvalue weighted by molar-refractivity contribution is -0.142. The molecule has 0 bridgehead atoms. The number of nitrogens with one attached hydrogen (secondary N) is 2. The number of esters is 1. The van der Waals surface area contributed by atoms with Gasteiger partial charge in [0.1, 0.15) is 11.4 Å². The topological polar surface area (TPSA) is 110 Å². The number of aromatic nitrogens is 2. The van der Waals surface area contributed by atoms with Crippen molar-refractivity contribution in [1.29, 1.82) is 0 Å². The largest absolute Gasteiger partial charge is 0.465 e. The van der Waals surface area contributed by atoms with Crippen molar-refractivity contribution >= 4 is 54.6 Å². The molecule has 0 saturated heterocycles. The summed E-state index contributed by atoms with van der Waals surface area (Å²) < 4.78 is 33.9. The Morgan fingerprint density at radius 2 is 2.00 bits per heavy atom. The SMILES string of the molecule is O=C(CNS(=O)(=O)c1ccc(Br)cc1Cl)OCCCn1c(=O)[nH]c2ccccc21. The predicted octanol–water partition coefficient (Wildman–Crippen LogP) is 2.66. The van der Waals surface area contributed by atoms with Crippen molar-refractivity contribution in [3.05, 3.63) is 62.4 Å². The summed E-state index contributed by atoms with van der Waals surface area (Å²) in [4.78, 5) is 26.4. The molecule has 0 spiro atoms. The zero-order valence-electron chi connectivity index (χ0n) is 15.0. The molecule has 0 aliphatic rings. The van der Waals surface area contributed by atoms with Gasteiger partial charge in [0, 0.05) is 11.0 Å². The van der Waals surface area contributed by atoms with Crippen molar-refractivity contribution in [1.82, 2.24) is 14.3 Å². The summed E-state index contributed by atoms with van der Waals surface area (Å²) >= 11 is 9.13. The summed E-state index contributed by atoms with van der Waals surface area (Å²) in [6.45, 7) is -0.121. The van der Waals surface area contributed by atoms with Gasteiger partial charge in [-0.25, -0.2) is 13.2 Å². The van der Waals surface area contributed by atoms with Gasteiger partial charge in [0.2, 0.25) is 10.0 Å². The monoisotopic (exact) mass is 501 g/mol. The van der Waals surface area contributed by atoms with Crippen LogP contribution < -0.4 is 10.4 Å². The number of ether oxygens (including phenoxy) is 1. The summed E-state index contributed by atoms with van der Waals surface area (Å²) in [6.07, 6.45) is 0.402. The number of imidazole rings is 1. The van der Waals surface area contributed by atoms with Crippen LogP contribution in [0.3, 0.4) is 0 Å². The number of carbonyl (C=O) groups excluding carboxylic acids is 1. The molecular weight excluding hydrogens is 486 g/mol. The van der Waals surface area contributed by atoms with Gasteiger partial charge in [-0.2, -0.15) is 4.72 Å². The van der Waals surface area contributed by atoms with Crippen LogP contribution in [0.25, 0.3) is 11.0 Å². The van der Waals surface area contributed by atoms with Gasteiger partial charge >= 0.3 is 11.7 Å². The van der Waals surface area contributed by atoms with Crippen LogP contribution in [0.2, 0.25) is 5.02 Å². The highest BCUT2D eigenvalue weighted by Gasteiger charge is 2.19. The molecule has 0 radical (unpaired) electrons. The Hall–Kier alpha value is -2.14. The minimum Gasteiger partial charge on any atom is -0.465 e. The zero-order chi connectivity index (χ0) is 21.0. The average molecular weight is 503 g/mol. The van der Waals surface area contributed by atoms with Gasteiger partial charge in [-0.3, -0.25) is 9.36 Å². The van der Waals surface area contributed by atoms with Crippen molar-refractivity contribution in [2.75, 3.05) is 13.2 Å². The lowest BCUT2D eigenvalue weighted by Crippen LogP contribution is -2.31. The molecule has 3 rings (SSSR count).